The highest BCUT2D eigenvalue weighted by Crippen LogP contribution is 2.34. The Labute approximate surface area is 146 Å². The van der Waals surface area contributed by atoms with Gasteiger partial charge in [0.25, 0.3) is 0 Å². The van der Waals surface area contributed by atoms with E-state index >= 15 is 0 Å². The molecule has 132 valence electrons. The maximum Gasteiger partial charge on any atom is 0.236 e. The maximum atomic E-state index is 13.1. The fourth-order valence-electron chi connectivity index (χ4n) is 2.83. The highest BCUT2D eigenvalue weighted by atomic mass is 32.2. The van der Waals surface area contributed by atoms with Crippen molar-refractivity contribution in [1.82, 2.24) is 8.87 Å². The van der Waals surface area contributed by atoms with Crippen LogP contribution in [-0.4, -0.2) is 49.2 Å². The van der Waals surface area contributed by atoms with Crippen LogP contribution < -0.4 is 0 Å². The van der Waals surface area contributed by atoms with Crippen molar-refractivity contribution in [3.8, 4) is 0 Å². The molecule has 0 spiro atoms. The van der Waals surface area contributed by atoms with E-state index in [0.717, 1.165) is 23.1 Å². The molecule has 25 heavy (non-hydrogen) atoms. The molecule has 0 aliphatic heterocycles. The van der Waals surface area contributed by atoms with Crippen LogP contribution in [0, 0.1) is 5.92 Å². The summed E-state index contributed by atoms with van der Waals surface area (Å²) in [5, 5.41) is 0.520. The highest BCUT2D eigenvalue weighted by Gasteiger charge is 2.35. The molecule has 0 unspecified atom stereocenters. The molecule has 1 heterocycles. The summed E-state index contributed by atoms with van der Waals surface area (Å²) in [6.45, 7) is 0. The Morgan fingerprint density at radius 1 is 1.20 bits per heavy atom. The van der Waals surface area contributed by atoms with E-state index in [9.17, 15) is 18.0 Å². The van der Waals surface area contributed by atoms with Gasteiger partial charge in [-0.3, -0.25) is 9.59 Å². The van der Waals surface area contributed by atoms with Crippen LogP contribution in [0.2, 0.25) is 0 Å². The number of rotatable bonds is 6. The third kappa shape index (κ3) is 3.37. The van der Waals surface area contributed by atoms with E-state index < -0.39 is 10.0 Å². The van der Waals surface area contributed by atoms with Crippen LogP contribution in [0.1, 0.15) is 23.2 Å². The van der Waals surface area contributed by atoms with Gasteiger partial charge in [-0.05, 0) is 25.0 Å². The van der Waals surface area contributed by atoms with Crippen molar-refractivity contribution in [2.75, 3.05) is 20.4 Å². The normalized spacial score (nSPS) is 15.4. The molecular weight excluding hydrogens is 340 g/mol. The minimum atomic E-state index is -3.47. The van der Waals surface area contributed by atoms with Crippen LogP contribution in [0.4, 0.5) is 0 Å². The predicted molar refractivity (Wildman–Crippen MR) is 96.0 cm³/mol. The third-order valence-corrected chi connectivity index (χ3v) is 5.18. The molecule has 1 aromatic heterocycles. The summed E-state index contributed by atoms with van der Waals surface area (Å²) in [5.74, 6) is -0.587. The summed E-state index contributed by atoms with van der Waals surface area (Å²) in [5.41, 5.74) is 0.908. The second-order valence-corrected chi connectivity index (χ2v) is 8.45. The number of allylic oxidation sites excluding steroid dienone is 1. The Bertz CT molecular complexity index is 995. The van der Waals surface area contributed by atoms with Crippen molar-refractivity contribution in [2.24, 2.45) is 5.92 Å². The summed E-state index contributed by atoms with van der Waals surface area (Å²) in [6.07, 6.45) is 5.70. The van der Waals surface area contributed by atoms with E-state index in [1.165, 1.54) is 6.20 Å². The summed E-state index contributed by atoms with van der Waals surface area (Å²) in [6, 6.07) is 6.50. The number of hydrogen-bond donors (Lipinski definition) is 0. The monoisotopic (exact) mass is 360 g/mol. The lowest BCUT2D eigenvalue weighted by Gasteiger charge is -2.11. The zero-order chi connectivity index (χ0) is 18.4. The molecule has 1 aliphatic carbocycles. The van der Waals surface area contributed by atoms with Crippen LogP contribution in [0.25, 0.3) is 10.9 Å². The average Bonchev–Trinajstić information content (AvgIpc) is 3.27. The van der Waals surface area contributed by atoms with Crippen LogP contribution in [0.3, 0.4) is 0 Å². The van der Waals surface area contributed by atoms with E-state index in [2.05, 4.69) is 0 Å². The van der Waals surface area contributed by atoms with Crippen LogP contribution >= 0.6 is 0 Å². The first-order chi connectivity index (χ1) is 11.7. The SMILES string of the molecule is CN(C)/C=C(/C(=O)c1cccc2c1ccn2S(C)(=O)=O)C(=O)C1CC1. The number of ketones is 2. The van der Waals surface area contributed by atoms with E-state index in [0.29, 0.717) is 16.5 Å². The smallest absolute Gasteiger partial charge is 0.236 e. The maximum absolute atomic E-state index is 13.1. The van der Waals surface area contributed by atoms with Gasteiger partial charge in [0, 0.05) is 43.4 Å². The summed E-state index contributed by atoms with van der Waals surface area (Å²) in [4.78, 5) is 27.3. The van der Waals surface area contributed by atoms with Crippen LogP contribution in [0.15, 0.2) is 42.2 Å². The van der Waals surface area contributed by atoms with Crippen molar-refractivity contribution < 1.29 is 18.0 Å². The summed E-state index contributed by atoms with van der Waals surface area (Å²) >= 11 is 0. The van der Waals surface area contributed by atoms with Crippen molar-refractivity contribution >= 4 is 32.5 Å². The molecule has 0 N–H and O–H groups in total. The van der Waals surface area contributed by atoms with Gasteiger partial charge < -0.3 is 4.90 Å². The number of aromatic nitrogens is 1. The topological polar surface area (TPSA) is 76.5 Å². The van der Waals surface area contributed by atoms with Gasteiger partial charge >= 0.3 is 0 Å². The Balaban J connectivity index is 2.13. The van der Waals surface area contributed by atoms with Crippen molar-refractivity contribution in [2.45, 2.75) is 12.8 Å². The lowest BCUT2D eigenvalue weighted by molar-refractivity contribution is -0.116. The number of nitrogens with zero attached hydrogens (tertiary/aromatic N) is 2. The van der Waals surface area contributed by atoms with Gasteiger partial charge in [0.05, 0.1) is 17.3 Å². The predicted octanol–water partition coefficient (Wildman–Crippen LogP) is 2.06. The first-order valence-corrected chi connectivity index (χ1v) is 9.83. The summed E-state index contributed by atoms with van der Waals surface area (Å²) in [7, 11) is 0.0442. The molecular formula is C18H20N2O4S. The van der Waals surface area contributed by atoms with Gasteiger partial charge in [-0.1, -0.05) is 12.1 Å². The molecule has 0 bridgehead atoms. The second kappa shape index (κ2) is 6.15. The minimum Gasteiger partial charge on any atom is -0.383 e. The van der Waals surface area contributed by atoms with Gasteiger partial charge in [0.1, 0.15) is 0 Å². The molecule has 1 saturated carbocycles. The molecule has 7 heteroatoms. The van der Waals surface area contributed by atoms with Gasteiger partial charge in [0.15, 0.2) is 11.6 Å². The number of benzene rings is 1. The van der Waals surface area contributed by atoms with E-state index in [1.807, 2.05) is 0 Å². The molecule has 6 nitrogen and oxygen atoms in total. The average molecular weight is 360 g/mol. The Hall–Kier alpha value is -2.41. The van der Waals surface area contributed by atoms with Gasteiger partial charge in [-0.25, -0.2) is 12.4 Å². The molecule has 0 atom stereocenters. The summed E-state index contributed by atoms with van der Waals surface area (Å²) < 4.78 is 24.9. The Morgan fingerprint density at radius 2 is 1.88 bits per heavy atom. The number of carbonyl (C=O) groups excluding carboxylic acids is 2. The van der Waals surface area contributed by atoms with E-state index in [-0.39, 0.29) is 23.1 Å². The lowest BCUT2D eigenvalue weighted by Crippen LogP contribution is -2.18. The molecule has 1 aliphatic rings. The zero-order valence-electron chi connectivity index (χ0n) is 14.4. The van der Waals surface area contributed by atoms with Crippen LogP contribution in [0.5, 0.6) is 0 Å². The fraction of sp³-hybridized carbons (Fsp3) is 0.333. The van der Waals surface area contributed by atoms with Crippen molar-refractivity contribution in [3.05, 3.63) is 47.8 Å². The third-order valence-electron chi connectivity index (χ3n) is 4.14. The van der Waals surface area contributed by atoms with E-state index in [1.54, 1.807) is 49.5 Å². The highest BCUT2D eigenvalue weighted by molar-refractivity contribution is 7.89. The molecule has 1 fully saturated rings. The molecule has 2 aromatic rings. The van der Waals surface area contributed by atoms with Gasteiger partial charge in [-0.15, -0.1) is 0 Å². The minimum absolute atomic E-state index is 0.0741. The van der Waals surface area contributed by atoms with Crippen LogP contribution in [-0.2, 0) is 14.8 Å². The quantitative estimate of drug-likeness (QED) is 0.341. The molecule has 1 aromatic carbocycles. The molecule has 0 radical (unpaired) electrons. The number of carbonyl (C=O) groups is 2. The number of Topliss-reactive ketones (excluding diaryl/α,β-unsaturated/α-hetero) is 2. The number of hydrogen-bond acceptors (Lipinski definition) is 5. The molecule has 3 rings (SSSR count). The van der Waals surface area contributed by atoms with Gasteiger partial charge in [-0.2, -0.15) is 0 Å². The van der Waals surface area contributed by atoms with Crippen molar-refractivity contribution in [1.29, 1.82) is 0 Å². The Morgan fingerprint density at radius 3 is 2.44 bits per heavy atom. The number of fused-ring (bicyclic) bond motifs is 1. The largest absolute Gasteiger partial charge is 0.383 e. The molecule has 0 saturated heterocycles. The zero-order valence-corrected chi connectivity index (χ0v) is 15.2. The standard InChI is InChI=1S/C18H20N2O4S/c1-19(2)11-15(17(21)12-7-8-12)18(22)14-5-4-6-16-13(14)9-10-20(16)25(3,23)24/h4-6,9-12H,7-8H2,1-3H3/b15-11+. The second-order valence-electron chi connectivity index (χ2n) is 6.59. The fourth-order valence-corrected chi connectivity index (χ4v) is 3.63. The van der Waals surface area contributed by atoms with E-state index in [4.69, 9.17) is 0 Å². The lowest BCUT2D eigenvalue weighted by atomic mass is 9.96. The molecule has 0 amide bonds. The first-order valence-electron chi connectivity index (χ1n) is 7.98. The Kier molecular flexibility index (Phi) is 4.28. The first kappa shape index (κ1) is 17.4. The van der Waals surface area contributed by atoms with Crippen molar-refractivity contribution in [3.63, 3.8) is 0 Å². The van der Waals surface area contributed by atoms with Gasteiger partial charge in [0.2, 0.25) is 10.0 Å².